The van der Waals surface area contributed by atoms with Crippen LogP contribution < -0.4 is 32.7 Å². The number of aliphatic carboxylic acids is 2. The Kier molecular flexibility index (Phi) is 11.8. The summed E-state index contributed by atoms with van der Waals surface area (Å²) in [5.74, 6) is -6.25. The van der Waals surface area contributed by atoms with Gasteiger partial charge < -0.3 is 42.9 Å². The molecule has 0 saturated carbocycles. The minimum atomic E-state index is -1.65. The van der Waals surface area contributed by atoms with Gasteiger partial charge in [-0.05, 0) is 45.2 Å². The van der Waals surface area contributed by atoms with Crippen LogP contribution in [0.1, 0.15) is 44.9 Å². The summed E-state index contributed by atoms with van der Waals surface area (Å²) in [7, 11) is 0. The number of carbonyl (C=O) groups excluding carboxylic acids is 4. The van der Waals surface area contributed by atoms with Crippen LogP contribution in [0, 0.1) is 0 Å². The number of nitrogens with one attached hydrogen (secondary N) is 4. The summed E-state index contributed by atoms with van der Waals surface area (Å²) >= 11 is 0. The number of rotatable bonds is 15. The third-order valence-corrected chi connectivity index (χ3v) is 4.99. The Balaban J connectivity index is 2.90. The van der Waals surface area contributed by atoms with Crippen LogP contribution in [0.5, 0.6) is 0 Å². The number of nitrogens with two attached hydrogens (primary N) is 2. The first kappa shape index (κ1) is 27.8. The molecule has 10 N–H and O–H groups in total. The summed E-state index contributed by atoms with van der Waals surface area (Å²) in [6.07, 6.45) is 0.839. The summed E-state index contributed by atoms with van der Waals surface area (Å²) in [5.41, 5.74) is 10.5. The Morgan fingerprint density at radius 3 is 2.00 bits per heavy atom. The van der Waals surface area contributed by atoms with Crippen molar-refractivity contribution in [3.63, 3.8) is 0 Å². The lowest BCUT2D eigenvalue weighted by atomic mass is 10.1. The van der Waals surface area contributed by atoms with Crippen LogP contribution in [-0.2, 0) is 28.8 Å². The van der Waals surface area contributed by atoms with Gasteiger partial charge in [-0.3, -0.25) is 24.0 Å². The summed E-state index contributed by atoms with van der Waals surface area (Å²) in [6, 6.07) is -4.97. The first-order valence-corrected chi connectivity index (χ1v) is 10.6. The Morgan fingerprint density at radius 1 is 0.909 bits per heavy atom. The first-order valence-electron chi connectivity index (χ1n) is 10.6. The highest BCUT2D eigenvalue weighted by Crippen LogP contribution is 2.07. The van der Waals surface area contributed by atoms with Gasteiger partial charge in [-0.1, -0.05) is 0 Å². The molecule has 14 nitrogen and oxygen atoms in total. The van der Waals surface area contributed by atoms with Crippen LogP contribution >= 0.6 is 0 Å². The SMILES string of the molecule is NCCCCC(NC(=O)C(CC(=O)O)NC(=O)C(CC(N)=O)NC(=O)C1CCCN1)C(=O)O. The second-order valence-electron chi connectivity index (χ2n) is 7.72. The minimum absolute atomic E-state index is 0.0563. The molecule has 4 unspecified atom stereocenters. The molecule has 33 heavy (non-hydrogen) atoms. The van der Waals surface area contributed by atoms with Crippen molar-refractivity contribution < 1.29 is 39.0 Å². The zero-order chi connectivity index (χ0) is 25.0. The fourth-order valence-electron chi connectivity index (χ4n) is 3.27. The Hall–Kier alpha value is -3.26. The summed E-state index contributed by atoms with van der Waals surface area (Å²) < 4.78 is 0. The molecule has 1 heterocycles. The average Bonchev–Trinajstić information content (AvgIpc) is 3.26. The zero-order valence-corrected chi connectivity index (χ0v) is 18.2. The van der Waals surface area contributed by atoms with Gasteiger partial charge in [-0.15, -0.1) is 0 Å². The molecule has 1 aliphatic heterocycles. The Labute approximate surface area is 190 Å². The molecule has 1 aliphatic rings. The largest absolute Gasteiger partial charge is 0.481 e. The number of carboxylic acids is 2. The van der Waals surface area contributed by atoms with Gasteiger partial charge in [0.25, 0.3) is 0 Å². The lowest BCUT2D eigenvalue weighted by molar-refractivity contribution is -0.144. The van der Waals surface area contributed by atoms with Crippen LogP contribution in [-0.4, -0.2) is 83.0 Å². The molecule has 4 atom stereocenters. The van der Waals surface area contributed by atoms with Crippen molar-refractivity contribution in [3.05, 3.63) is 0 Å². The van der Waals surface area contributed by atoms with E-state index < -0.39 is 72.6 Å². The molecule has 0 aliphatic carbocycles. The summed E-state index contributed by atoms with van der Waals surface area (Å²) in [5, 5.41) is 28.1. The molecule has 14 heteroatoms. The minimum Gasteiger partial charge on any atom is -0.481 e. The average molecular weight is 472 g/mol. The standard InChI is InChI=1S/C19H32N6O8/c20-6-2-1-4-11(19(32)33)23-18(31)13(9-15(27)28)25-17(30)12(8-14(21)26)24-16(29)10-5-3-7-22-10/h10-13,22H,1-9,20H2,(H2,21,26)(H,23,31)(H,24,29)(H,25,30)(H,27,28)(H,32,33). The van der Waals surface area contributed by atoms with E-state index in [0.717, 1.165) is 6.42 Å². The molecule has 0 spiro atoms. The molecule has 0 radical (unpaired) electrons. The van der Waals surface area contributed by atoms with Gasteiger partial charge >= 0.3 is 11.9 Å². The highest BCUT2D eigenvalue weighted by atomic mass is 16.4. The van der Waals surface area contributed by atoms with Crippen molar-refractivity contribution in [2.24, 2.45) is 11.5 Å². The number of amides is 4. The van der Waals surface area contributed by atoms with Gasteiger partial charge in [0.1, 0.15) is 18.1 Å². The smallest absolute Gasteiger partial charge is 0.326 e. The van der Waals surface area contributed by atoms with Crippen LogP contribution in [0.2, 0.25) is 0 Å². The molecule has 0 bridgehead atoms. The number of hydrogen-bond acceptors (Lipinski definition) is 8. The van der Waals surface area contributed by atoms with E-state index in [4.69, 9.17) is 16.6 Å². The second-order valence-corrected chi connectivity index (χ2v) is 7.72. The van der Waals surface area contributed by atoms with Gasteiger partial charge in [-0.2, -0.15) is 0 Å². The van der Waals surface area contributed by atoms with Crippen molar-refractivity contribution in [2.45, 2.75) is 69.1 Å². The van der Waals surface area contributed by atoms with E-state index in [1.807, 2.05) is 0 Å². The fraction of sp³-hybridized carbons (Fsp3) is 0.684. The molecule has 1 saturated heterocycles. The topological polar surface area (TPSA) is 243 Å². The monoisotopic (exact) mass is 472 g/mol. The third-order valence-electron chi connectivity index (χ3n) is 4.99. The van der Waals surface area contributed by atoms with E-state index in [9.17, 15) is 33.9 Å². The first-order chi connectivity index (χ1) is 15.5. The van der Waals surface area contributed by atoms with Crippen LogP contribution in [0.15, 0.2) is 0 Å². The Morgan fingerprint density at radius 2 is 1.52 bits per heavy atom. The molecule has 0 aromatic rings. The van der Waals surface area contributed by atoms with Gasteiger partial charge in [0, 0.05) is 0 Å². The molecule has 1 fully saturated rings. The number of primary amides is 1. The quantitative estimate of drug-likeness (QED) is 0.111. The number of carboxylic acid groups (broad SMARTS) is 2. The van der Waals surface area contributed by atoms with Crippen LogP contribution in [0.4, 0.5) is 0 Å². The summed E-state index contributed by atoms with van der Waals surface area (Å²) in [4.78, 5) is 71.6. The van der Waals surface area contributed by atoms with E-state index >= 15 is 0 Å². The fourth-order valence-corrected chi connectivity index (χ4v) is 3.27. The highest BCUT2D eigenvalue weighted by Gasteiger charge is 2.33. The van der Waals surface area contributed by atoms with Gasteiger partial charge in [0.05, 0.1) is 18.9 Å². The molecule has 186 valence electrons. The van der Waals surface area contributed by atoms with Gasteiger partial charge in [0.15, 0.2) is 0 Å². The predicted octanol–water partition coefficient (Wildman–Crippen LogP) is -3.24. The van der Waals surface area contributed by atoms with Crippen molar-refractivity contribution in [3.8, 4) is 0 Å². The van der Waals surface area contributed by atoms with E-state index in [2.05, 4.69) is 21.3 Å². The maximum Gasteiger partial charge on any atom is 0.326 e. The van der Waals surface area contributed by atoms with Gasteiger partial charge in [-0.25, -0.2) is 4.79 Å². The Bertz CT molecular complexity index is 740. The second kappa shape index (κ2) is 14.0. The lowest BCUT2D eigenvalue weighted by Crippen LogP contribution is -2.58. The molecular formula is C19H32N6O8. The number of carbonyl (C=O) groups is 6. The third kappa shape index (κ3) is 10.3. The maximum absolute atomic E-state index is 12.7. The lowest BCUT2D eigenvalue weighted by Gasteiger charge is -2.24. The van der Waals surface area contributed by atoms with E-state index in [-0.39, 0.29) is 6.42 Å². The predicted molar refractivity (Wildman–Crippen MR) is 113 cm³/mol. The molecule has 4 amide bonds. The number of unbranched alkanes of at least 4 members (excludes halogenated alkanes) is 1. The van der Waals surface area contributed by atoms with Crippen molar-refractivity contribution in [1.29, 1.82) is 0 Å². The van der Waals surface area contributed by atoms with Crippen LogP contribution in [0.25, 0.3) is 0 Å². The van der Waals surface area contributed by atoms with E-state index in [0.29, 0.717) is 32.4 Å². The maximum atomic E-state index is 12.7. The van der Waals surface area contributed by atoms with Crippen LogP contribution in [0.3, 0.4) is 0 Å². The molecule has 1 rings (SSSR count). The molecular weight excluding hydrogens is 440 g/mol. The molecule has 0 aromatic heterocycles. The number of hydrogen-bond donors (Lipinski definition) is 8. The van der Waals surface area contributed by atoms with E-state index in [1.165, 1.54) is 0 Å². The van der Waals surface area contributed by atoms with Crippen molar-refractivity contribution >= 4 is 35.6 Å². The zero-order valence-electron chi connectivity index (χ0n) is 18.2. The van der Waals surface area contributed by atoms with Crippen molar-refractivity contribution in [2.75, 3.05) is 13.1 Å². The van der Waals surface area contributed by atoms with E-state index in [1.54, 1.807) is 0 Å². The highest BCUT2D eigenvalue weighted by molar-refractivity contribution is 5.97. The summed E-state index contributed by atoms with van der Waals surface area (Å²) in [6.45, 7) is 0.947. The normalized spacial score (nSPS) is 17.9. The van der Waals surface area contributed by atoms with Gasteiger partial charge in [0.2, 0.25) is 23.6 Å². The molecule has 0 aromatic carbocycles. The van der Waals surface area contributed by atoms with Crippen molar-refractivity contribution in [1.82, 2.24) is 21.3 Å².